The Balaban J connectivity index is 2.39. The quantitative estimate of drug-likeness (QED) is 0.896. The molecule has 3 nitrogen and oxygen atoms in total. The van der Waals surface area contributed by atoms with Crippen LogP contribution < -0.4 is 5.32 Å². The van der Waals surface area contributed by atoms with Crippen molar-refractivity contribution >= 4 is 0 Å². The Kier molecular flexibility index (Phi) is 4.32. The Bertz CT molecular complexity index is 548. The molecule has 1 heterocycles. The smallest absolute Gasteiger partial charge is 0.131 e. The minimum atomic E-state index is -0.193. The van der Waals surface area contributed by atoms with Crippen molar-refractivity contribution in [3.05, 3.63) is 53.1 Å². The number of rotatable bonds is 5. The number of aromatic nitrogens is 2. The molecule has 19 heavy (non-hydrogen) atoms. The van der Waals surface area contributed by atoms with Gasteiger partial charge in [-0.25, -0.2) is 4.39 Å². The van der Waals surface area contributed by atoms with Crippen LogP contribution in [0.3, 0.4) is 0 Å². The summed E-state index contributed by atoms with van der Waals surface area (Å²) in [6.07, 6.45) is 2.88. The molecule has 102 valence electrons. The van der Waals surface area contributed by atoms with Gasteiger partial charge in [0.05, 0.1) is 11.7 Å². The zero-order chi connectivity index (χ0) is 13.8. The second-order valence-corrected chi connectivity index (χ2v) is 4.78. The molecule has 0 spiro atoms. The molecule has 0 aliphatic carbocycles. The highest BCUT2D eigenvalue weighted by Gasteiger charge is 2.20. The number of hydrogen-bond donors (Lipinski definition) is 1. The molecule has 2 rings (SSSR count). The highest BCUT2D eigenvalue weighted by molar-refractivity contribution is 5.32. The molecule has 1 aromatic carbocycles. The van der Waals surface area contributed by atoms with Crippen LogP contribution in [0.25, 0.3) is 0 Å². The van der Waals surface area contributed by atoms with Crippen LogP contribution in [0.1, 0.15) is 36.2 Å². The second kappa shape index (κ2) is 5.97. The van der Waals surface area contributed by atoms with Gasteiger partial charge in [0, 0.05) is 18.8 Å². The Morgan fingerprint density at radius 2 is 2.16 bits per heavy atom. The van der Waals surface area contributed by atoms with E-state index in [9.17, 15) is 4.39 Å². The molecule has 0 aliphatic rings. The lowest BCUT2D eigenvalue weighted by atomic mass is 10.0. The number of benzene rings is 1. The summed E-state index contributed by atoms with van der Waals surface area (Å²) in [6.45, 7) is 4.71. The molecule has 0 fully saturated rings. The Morgan fingerprint density at radius 1 is 1.37 bits per heavy atom. The first-order chi connectivity index (χ1) is 9.13. The van der Waals surface area contributed by atoms with Crippen molar-refractivity contribution in [3.8, 4) is 0 Å². The average molecular weight is 261 g/mol. The van der Waals surface area contributed by atoms with E-state index >= 15 is 0 Å². The predicted molar refractivity (Wildman–Crippen MR) is 74.5 cm³/mol. The van der Waals surface area contributed by atoms with Crippen molar-refractivity contribution in [3.63, 3.8) is 0 Å². The largest absolute Gasteiger partial charge is 0.305 e. The average Bonchev–Trinajstić information content (AvgIpc) is 2.81. The maximum absolute atomic E-state index is 14.3. The minimum absolute atomic E-state index is 0.151. The molecule has 0 saturated carbocycles. The number of nitrogens with one attached hydrogen (secondary N) is 1. The first kappa shape index (κ1) is 13.7. The van der Waals surface area contributed by atoms with E-state index in [1.165, 1.54) is 0 Å². The van der Waals surface area contributed by atoms with Crippen molar-refractivity contribution in [1.82, 2.24) is 15.1 Å². The molecule has 0 saturated heterocycles. The van der Waals surface area contributed by atoms with E-state index in [0.29, 0.717) is 11.1 Å². The summed E-state index contributed by atoms with van der Waals surface area (Å²) >= 11 is 0. The number of nitrogens with zero attached hydrogens (tertiary/aromatic N) is 2. The van der Waals surface area contributed by atoms with Gasteiger partial charge >= 0.3 is 0 Å². The lowest BCUT2D eigenvalue weighted by Crippen LogP contribution is -2.25. The van der Waals surface area contributed by atoms with Crippen LogP contribution in [0.5, 0.6) is 0 Å². The van der Waals surface area contributed by atoms with Crippen molar-refractivity contribution < 1.29 is 4.39 Å². The molecule has 1 atom stereocenters. The molecule has 0 aliphatic heterocycles. The van der Waals surface area contributed by atoms with E-state index in [0.717, 1.165) is 18.7 Å². The topological polar surface area (TPSA) is 29.9 Å². The molecular weight excluding hydrogens is 241 g/mol. The van der Waals surface area contributed by atoms with Crippen molar-refractivity contribution in [1.29, 1.82) is 0 Å². The van der Waals surface area contributed by atoms with Gasteiger partial charge in [0.1, 0.15) is 5.82 Å². The summed E-state index contributed by atoms with van der Waals surface area (Å²) in [5.41, 5.74) is 2.17. The van der Waals surface area contributed by atoms with E-state index in [4.69, 9.17) is 0 Å². The molecule has 0 radical (unpaired) electrons. The van der Waals surface area contributed by atoms with E-state index in [1.807, 2.05) is 31.4 Å². The van der Waals surface area contributed by atoms with E-state index in [-0.39, 0.29) is 11.9 Å². The first-order valence-corrected chi connectivity index (χ1v) is 6.61. The van der Waals surface area contributed by atoms with Gasteiger partial charge in [0.2, 0.25) is 0 Å². The Hall–Kier alpha value is -1.68. The molecule has 1 N–H and O–H groups in total. The van der Waals surface area contributed by atoms with Gasteiger partial charge in [-0.05, 0) is 31.5 Å². The van der Waals surface area contributed by atoms with Gasteiger partial charge in [0.15, 0.2) is 0 Å². The molecule has 4 heteroatoms. The molecule has 0 bridgehead atoms. The lowest BCUT2D eigenvalue weighted by Gasteiger charge is -2.18. The zero-order valence-corrected chi connectivity index (χ0v) is 11.7. The monoisotopic (exact) mass is 261 g/mol. The van der Waals surface area contributed by atoms with Gasteiger partial charge in [-0.15, -0.1) is 0 Å². The zero-order valence-electron chi connectivity index (χ0n) is 11.7. The summed E-state index contributed by atoms with van der Waals surface area (Å²) in [6, 6.07) is 7.23. The van der Waals surface area contributed by atoms with Crippen LogP contribution in [0.2, 0.25) is 0 Å². The molecule has 1 aromatic heterocycles. The van der Waals surface area contributed by atoms with Crippen LogP contribution in [0.4, 0.5) is 4.39 Å². The second-order valence-electron chi connectivity index (χ2n) is 4.78. The highest BCUT2D eigenvalue weighted by atomic mass is 19.1. The standard InChI is InChI=1S/C15H20FN3/c1-4-9-17-15(13-8-10-19(3)18-13)12-7-5-6-11(2)14(12)16/h5-8,10,15,17H,4,9H2,1-3H3. The third kappa shape index (κ3) is 3.01. The van der Waals surface area contributed by atoms with Crippen molar-refractivity contribution in [2.45, 2.75) is 26.3 Å². The SMILES string of the molecule is CCCNC(c1ccn(C)n1)c1cccc(C)c1F. The fourth-order valence-corrected chi connectivity index (χ4v) is 2.14. The minimum Gasteiger partial charge on any atom is -0.305 e. The van der Waals surface area contributed by atoms with E-state index < -0.39 is 0 Å². The van der Waals surface area contributed by atoms with Gasteiger partial charge in [0.25, 0.3) is 0 Å². The number of hydrogen-bond acceptors (Lipinski definition) is 2. The van der Waals surface area contributed by atoms with Crippen LogP contribution in [-0.2, 0) is 7.05 Å². The number of aryl methyl sites for hydroxylation is 2. The maximum atomic E-state index is 14.3. The summed E-state index contributed by atoms with van der Waals surface area (Å²) in [7, 11) is 1.87. The fourth-order valence-electron chi connectivity index (χ4n) is 2.14. The van der Waals surface area contributed by atoms with Crippen LogP contribution in [0.15, 0.2) is 30.5 Å². The molecule has 0 amide bonds. The van der Waals surface area contributed by atoms with Gasteiger partial charge in [-0.3, -0.25) is 4.68 Å². The maximum Gasteiger partial charge on any atom is 0.131 e. The Morgan fingerprint density at radius 3 is 2.79 bits per heavy atom. The fraction of sp³-hybridized carbons (Fsp3) is 0.400. The van der Waals surface area contributed by atoms with Gasteiger partial charge in [-0.2, -0.15) is 5.10 Å². The van der Waals surface area contributed by atoms with Crippen LogP contribution in [-0.4, -0.2) is 16.3 Å². The summed E-state index contributed by atoms with van der Waals surface area (Å²) in [5.74, 6) is -0.151. The van der Waals surface area contributed by atoms with E-state index in [2.05, 4.69) is 17.3 Å². The number of halogens is 1. The molecule has 2 aromatic rings. The summed E-state index contributed by atoms with van der Waals surface area (Å²) in [4.78, 5) is 0. The molecule has 1 unspecified atom stereocenters. The Labute approximate surface area is 113 Å². The third-order valence-electron chi connectivity index (χ3n) is 3.16. The van der Waals surface area contributed by atoms with Crippen LogP contribution >= 0.6 is 0 Å². The van der Waals surface area contributed by atoms with Gasteiger partial charge in [-0.1, -0.05) is 25.1 Å². The molecular formula is C15H20FN3. The van der Waals surface area contributed by atoms with E-state index in [1.54, 1.807) is 17.7 Å². The predicted octanol–water partition coefficient (Wildman–Crippen LogP) is 2.96. The summed E-state index contributed by atoms with van der Waals surface area (Å²) < 4.78 is 16.0. The normalized spacial score (nSPS) is 12.6. The first-order valence-electron chi connectivity index (χ1n) is 6.61. The lowest BCUT2D eigenvalue weighted by molar-refractivity contribution is 0.530. The van der Waals surface area contributed by atoms with Crippen LogP contribution in [0, 0.1) is 12.7 Å². The third-order valence-corrected chi connectivity index (χ3v) is 3.16. The summed E-state index contributed by atoms with van der Waals surface area (Å²) in [5, 5.41) is 7.77. The van der Waals surface area contributed by atoms with Gasteiger partial charge < -0.3 is 5.32 Å². The van der Waals surface area contributed by atoms with Crippen molar-refractivity contribution in [2.24, 2.45) is 7.05 Å². The highest BCUT2D eigenvalue weighted by Crippen LogP contribution is 2.24. The van der Waals surface area contributed by atoms with Crippen molar-refractivity contribution in [2.75, 3.05) is 6.54 Å².